The van der Waals surface area contributed by atoms with E-state index >= 15 is 0 Å². The van der Waals surface area contributed by atoms with Crippen LogP contribution in [0.1, 0.15) is 65.2 Å². The van der Waals surface area contributed by atoms with Crippen molar-refractivity contribution in [3.05, 3.63) is 30.3 Å². The lowest BCUT2D eigenvalue weighted by molar-refractivity contribution is -0.533. The highest BCUT2D eigenvalue weighted by Crippen LogP contribution is 2.41. The topological polar surface area (TPSA) is 50.0 Å². The Bertz CT molecular complexity index is 947. The molecule has 32 heavy (non-hydrogen) atoms. The van der Waals surface area contributed by atoms with Crippen LogP contribution in [0.4, 0.5) is 5.69 Å². The minimum absolute atomic E-state index is 0.241. The largest absolute Gasteiger partial charge is 0.507 e. The summed E-state index contributed by atoms with van der Waals surface area (Å²) < 4.78 is 2.57. The van der Waals surface area contributed by atoms with Gasteiger partial charge in [-0.3, -0.25) is 9.48 Å². The summed E-state index contributed by atoms with van der Waals surface area (Å²) in [5.41, 5.74) is 0.749. The lowest BCUT2D eigenvalue weighted by atomic mass is 10.0. The van der Waals surface area contributed by atoms with Crippen molar-refractivity contribution in [3.8, 4) is 11.5 Å². The number of anilines is 1. The van der Waals surface area contributed by atoms with Gasteiger partial charge < -0.3 is 10.2 Å². The van der Waals surface area contributed by atoms with Crippen LogP contribution in [0.5, 0.6) is 11.5 Å². The molecule has 0 spiro atoms. The van der Waals surface area contributed by atoms with Crippen molar-refractivity contribution >= 4 is 22.3 Å². The molecule has 0 saturated heterocycles. The van der Waals surface area contributed by atoms with Crippen molar-refractivity contribution in [1.29, 1.82) is 0 Å². The molecule has 2 aliphatic rings. The highest BCUT2D eigenvalue weighted by Gasteiger charge is 2.41. The van der Waals surface area contributed by atoms with Crippen molar-refractivity contribution < 1.29 is 14.8 Å². The molecule has 0 radical (unpaired) electrons. The van der Waals surface area contributed by atoms with Crippen LogP contribution >= 0.6 is 0 Å². The second-order valence-electron chi connectivity index (χ2n) is 9.41. The summed E-state index contributed by atoms with van der Waals surface area (Å²) >= 11 is 0. The van der Waals surface area contributed by atoms with Gasteiger partial charge in [-0.25, -0.2) is 4.90 Å². The van der Waals surface area contributed by atoms with Gasteiger partial charge in [-0.2, -0.15) is 0 Å². The maximum Gasteiger partial charge on any atom is 0.269 e. The summed E-state index contributed by atoms with van der Waals surface area (Å²) in [5, 5.41) is 23.5. The van der Waals surface area contributed by atoms with Gasteiger partial charge in [-0.1, -0.05) is 51.0 Å². The molecule has 174 valence electrons. The molecule has 2 aromatic rings. The molecule has 1 atom stereocenters. The molecule has 0 amide bonds. The monoisotopic (exact) mass is 438 g/mol. The Kier molecular flexibility index (Phi) is 7.56. The van der Waals surface area contributed by atoms with Gasteiger partial charge in [0.2, 0.25) is 0 Å². The second kappa shape index (κ2) is 10.6. The highest BCUT2D eigenvalue weighted by atomic mass is 16.3. The van der Waals surface area contributed by atoms with E-state index in [1.54, 1.807) is 6.07 Å². The summed E-state index contributed by atoms with van der Waals surface area (Å²) in [6.45, 7) is 9.84. The van der Waals surface area contributed by atoms with Gasteiger partial charge in [0.15, 0.2) is 11.4 Å². The summed E-state index contributed by atoms with van der Waals surface area (Å²) in [5.74, 6) is 1.86. The van der Waals surface area contributed by atoms with Crippen molar-refractivity contribution in [1.82, 2.24) is 4.90 Å². The fraction of sp³-hybridized carbons (Fsp3) is 0.593. The lowest BCUT2D eigenvalue weighted by Gasteiger charge is -2.36. The van der Waals surface area contributed by atoms with Crippen LogP contribution in [-0.4, -0.2) is 64.3 Å². The number of hydrogen-bond acceptors (Lipinski definition) is 4. The Morgan fingerprint density at radius 2 is 1.66 bits per heavy atom. The number of phenolic OH excluding ortho intramolecular Hbond substituents is 2. The van der Waals surface area contributed by atoms with E-state index in [-0.39, 0.29) is 11.5 Å². The number of rotatable bonds is 8. The fourth-order valence-corrected chi connectivity index (χ4v) is 5.47. The molecule has 5 nitrogen and oxygen atoms in total. The molecule has 0 saturated carbocycles. The molecule has 4 rings (SSSR count). The average molecular weight is 439 g/mol. The number of hydrogen-bond donors (Lipinski definition) is 2. The molecular formula is C27H40N3O2+. The van der Waals surface area contributed by atoms with Crippen LogP contribution in [0.15, 0.2) is 30.3 Å². The van der Waals surface area contributed by atoms with Crippen LogP contribution in [0.2, 0.25) is 0 Å². The van der Waals surface area contributed by atoms with E-state index in [0.29, 0.717) is 11.4 Å². The summed E-state index contributed by atoms with van der Waals surface area (Å²) in [6.07, 6.45) is 9.53. The molecule has 2 aromatic carbocycles. The zero-order valence-corrected chi connectivity index (χ0v) is 19.9. The number of fused-ring (bicyclic) bond motifs is 1. The van der Waals surface area contributed by atoms with Gasteiger partial charge in [-0.05, 0) is 45.2 Å². The van der Waals surface area contributed by atoms with E-state index in [2.05, 4.69) is 28.2 Å². The standard InChI is InChI=1S/C27H39N3O2/c1-3-5-15-28(16-6-4-2)23-14-9-10-17-29-18-11-19-30(27(23)29)24-20-25(31)21-12-7-8-13-22(21)26(24)32/h7-8,12-13,20,23H,3-6,9-11,14-19H2,1-2H3,(H-,31,32)/p+1. The maximum absolute atomic E-state index is 11.3. The van der Waals surface area contributed by atoms with Gasteiger partial charge in [0.25, 0.3) is 5.84 Å². The van der Waals surface area contributed by atoms with E-state index in [0.717, 1.165) is 56.6 Å². The van der Waals surface area contributed by atoms with Crippen LogP contribution in [0.3, 0.4) is 0 Å². The number of aromatic hydroxyl groups is 2. The predicted molar refractivity (Wildman–Crippen MR) is 133 cm³/mol. The molecular weight excluding hydrogens is 398 g/mol. The van der Waals surface area contributed by atoms with Crippen molar-refractivity contribution in [2.75, 3.05) is 37.6 Å². The van der Waals surface area contributed by atoms with E-state index in [1.165, 1.54) is 44.4 Å². The Balaban J connectivity index is 1.79. The van der Waals surface area contributed by atoms with Gasteiger partial charge in [0, 0.05) is 23.3 Å². The number of unbranched alkanes of at least 4 members (excludes halogenated alkanes) is 2. The number of phenols is 2. The average Bonchev–Trinajstić information content (AvgIpc) is 3.04. The van der Waals surface area contributed by atoms with Crippen molar-refractivity contribution in [2.45, 2.75) is 71.3 Å². The minimum Gasteiger partial charge on any atom is -0.507 e. The highest BCUT2D eigenvalue weighted by molar-refractivity contribution is 6.05. The van der Waals surface area contributed by atoms with E-state index < -0.39 is 0 Å². The Morgan fingerprint density at radius 3 is 2.38 bits per heavy atom. The first kappa shape index (κ1) is 22.9. The van der Waals surface area contributed by atoms with Crippen molar-refractivity contribution in [3.63, 3.8) is 0 Å². The third-order valence-corrected chi connectivity index (χ3v) is 7.17. The van der Waals surface area contributed by atoms with Crippen LogP contribution in [-0.2, 0) is 0 Å². The quantitative estimate of drug-likeness (QED) is 0.432. The lowest BCUT2D eigenvalue weighted by Crippen LogP contribution is -2.55. The van der Waals surface area contributed by atoms with E-state index in [4.69, 9.17) is 0 Å². The maximum atomic E-state index is 11.3. The Morgan fingerprint density at radius 1 is 0.969 bits per heavy atom. The molecule has 2 N–H and O–H groups in total. The first-order valence-electron chi connectivity index (χ1n) is 12.7. The summed E-state index contributed by atoms with van der Waals surface area (Å²) in [6, 6.07) is 9.74. The van der Waals surface area contributed by atoms with Gasteiger partial charge in [0.05, 0.1) is 19.6 Å². The van der Waals surface area contributed by atoms with Gasteiger partial charge >= 0.3 is 0 Å². The number of nitrogens with zero attached hydrogens (tertiary/aromatic N) is 3. The molecule has 0 aromatic heterocycles. The zero-order chi connectivity index (χ0) is 22.5. The Hall–Kier alpha value is -2.27. The van der Waals surface area contributed by atoms with E-state index in [1.807, 2.05) is 24.3 Å². The first-order chi connectivity index (χ1) is 15.7. The molecule has 0 aliphatic carbocycles. The van der Waals surface area contributed by atoms with E-state index in [9.17, 15) is 10.2 Å². The zero-order valence-electron chi connectivity index (χ0n) is 19.9. The van der Waals surface area contributed by atoms with Gasteiger partial charge in [-0.15, -0.1) is 0 Å². The predicted octanol–water partition coefficient (Wildman–Crippen LogP) is 5.33. The van der Waals surface area contributed by atoms with Crippen LogP contribution < -0.4 is 4.90 Å². The smallest absolute Gasteiger partial charge is 0.269 e. The van der Waals surface area contributed by atoms with Gasteiger partial charge in [0.1, 0.15) is 11.8 Å². The van der Waals surface area contributed by atoms with Crippen LogP contribution in [0.25, 0.3) is 10.8 Å². The van der Waals surface area contributed by atoms with Crippen LogP contribution in [0, 0.1) is 0 Å². The second-order valence-corrected chi connectivity index (χ2v) is 9.41. The third kappa shape index (κ3) is 4.59. The molecule has 1 unspecified atom stereocenters. The minimum atomic E-state index is 0.241. The fourth-order valence-electron chi connectivity index (χ4n) is 5.47. The molecule has 2 aliphatic heterocycles. The Labute approximate surface area is 193 Å². The number of amidine groups is 1. The summed E-state index contributed by atoms with van der Waals surface area (Å²) in [7, 11) is 0. The normalized spacial score (nSPS) is 19.5. The van der Waals surface area contributed by atoms with Crippen molar-refractivity contribution in [2.24, 2.45) is 0 Å². The molecule has 5 heteroatoms. The molecule has 0 bridgehead atoms. The molecule has 0 fully saturated rings. The first-order valence-corrected chi connectivity index (χ1v) is 12.7. The summed E-state index contributed by atoms with van der Waals surface area (Å²) in [4.78, 5) is 5.03. The SMILES string of the molecule is CCCCN(CCCC)C1CCCC[N+]2=C1N(c1cc(O)c3ccccc3c1O)CCC2. The number of benzene rings is 2. The third-order valence-electron chi connectivity index (χ3n) is 7.17. The molecule has 2 heterocycles.